The fraction of sp³-hybridized carbons (Fsp3) is 0.188. The van der Waals surface area contributed by atoms with Gasteiger partial charge in [-0.25, -0.2) is 4.39 Å². The molecule has 0 heterocycles. The van der Waals surface area contributed by atoms with Crippen LogP contribution < -0.4 is 11.1 Å². The van der Waals surface area contributed by atoms with E-state index in [1.54, 1.807) is 19.1 Å². The second kappa shape index (κ2) is 5.85. The summed E-state index contributed by atoms with van der Waals surface area (Å²) >= 11 is 3.20. The Balaban J connectivity index is 2.48. The highest BCUT2D eigenvalue weighted by atomic mass is 79.9. The maximum Gasteiger partial charge on any atom is 0.247 e. The van der Waals surface area contributed by atoms with Gasteiger partial charge in [-0.3, -0.25) is 4.79 Å². The van der Waals surface area contributed by atoms with Crippen LogP contribution in [0.25, 0.3) is 0 Å². The number of hydrogen-bond donors (Lipinski definition) is 2. The largest absolute Gasteiger partial charge is 0.368 e. The van der Waals surface area contributed by atoms with Crippen molar-refractivity contribution in [3.05, 3.63) is 63.9 Å². The van der Waals surface area contributed by atoms with Crippen molar-refractivity contribution in [1.29, 1.82) is 0 Å². The van der Waals surface area contributed by atoms with Crippen LogP contribution in [0.5, 0.6) is 0 Å². The summed E-state index contributed by atoms with van der Waals surface area (Å²) < 4.78 is 14.8. The van der Waals surface area contributed by atoms with E-state index in [-0.39, 0.29) is 5.56 Å². The molecule has 3 nitrogen and oxygen atoms in total. The van der Waals surface area contributed by atoms with Crippen LogP contribution in [0.2, 0.25) is 0 Å². The lowest BCUT2D eigenvalue weighted by Crippen LogP contribution is -2.45. The number of nitrogens with one attached hydrogen (secondary N) is 1. The Morgan fingerprint density at radius 2 is 2.00 bits per heavy atom. The molecule has 0 saturated heterocycles. The molecule has 2 rings (SSSR count). The molecular weight excluding hydrogens is 335 g/mol. The number of hydrogen-bond acceptors (Lipinski definition) is 2. The lowest BCUT2D eigenvalue weighted by atomic mass is 9.90. The van der Waals surface area contributed by atoms with E-state index in [4.69, 9.17) is 5.73 Å². The molecule has 0 spiro atoms. The number of aryl methyl sites for hydroxylation is 1. The van der Waals surface area contributed by atoms with E-state index in [9.17, 15) is 9.18 Å². The third-order valence-electron chi connectivity index (χ3n) is 3.38. The van der Waals surface area contributed by atoms with Gasteiger partial charge >= 0.3 is 0 Å². The van der Waals surface area contributed by atoms with Gasteiger partial charge in [0.05, 0.1) is 0 Å². The average Bonchev–Trinajstić information content (AvgIpc) is 2.38. The molecular formula is C16H16BrFN2O. The number of anilines is 1. The topological polar surface area (TPSA) is 55.1 Å². The van der Waals surface area contributed by atoms with Crippen molar-refractivity contribution in [2.24, 2.45) is 5.73 Å². The molecule has 2 aromatic carbocycles. The zero-order chi connectivity index (χ0) is 15.6. The summed E-state index contributed by atoms with van der Waals surface area (Å²) in [5.74, 6) is -1.14. The van der Waals surface area contributed by atoms with Gasteiger partial charge in [0.15, 0.2) is 0 Å². The monoisotopic (exact) mass is 350 g/mol. The predicted octanol–water partition coefficient (Wildman–Crippen LogP) is 3.71. The van der Waals surface area contributed by atoms with Crippen LogP contribution in [0.3, 0.4) is 0 Å². The minimum absolute atomic E-state index is 0.208. The first kappa shape index (κ1) is 15.5. The van der Waals surface area contributed by atoms with E-state index in [0.717, 1.165) is 5.56 Å². The third kappa shape index (κ3) is 3.24. The van der Waals surface area contributed by atoms with Gasteiger partial charge in [0, 0.05) is 15.7 Å². The molecule has 0 saturated carbocycles. The van der Waals surface area contributed by atoms with Gasteiger partial charge in [-0.15, -0.1) is 0 Å². The summed E-state index contributed by atoms with van der Waals surface area (Å²) in [6, 6.07) is 12.0. The first-order valence-electron chi connectivity index (χ1n) is 6.43. The molecule has 5 heteroatoms. The summed E-state index contributed by atoms with van der Waals surface area (Å²) in [6.45, 7) is 3.51. The normalized spacial score (nSPS) is 13.5. The summed E-state index contributed by atoms with van der Waals surface area (Å²) in [5, 5.41) is 3.04. The quantitative estimate of drug-likeness (QED) is 0.882. The minimum atomic E-state index is -1.33. The number of halogens is 2. The number of carbonyl (C=O) groups excluding carboxylic acids is 1. The highest BCUT2D eigenvalue weighted by Gasteiger charge is 2.35. The van der Waals surface area contributed by atoms with Crippen LogP contribution in [-0.4, -0.2) is 5.91 Å². The second-order valence-corrected chi connectivity index (χ2v) is 6.02. The number of primary amides is 1. The first-order valence-corrected chi connectivity index (χ1v) is 7.22. The molecule has 1 amide bonds. The van der Waals surface area contributed by atoms with Crippen molar-refractivity contribution >= 4 is 27.5 Å². The Hall–Kier alpha value is -1.88. The van der Waals surface area contributed by atoms with Crippen LogP contribution in [0.1, 0.15) is 18.1 Å². The van der Waals surface area contributed by atoms with Gasteiger partial charge in [0.1, 0.15) is 11.4 Å². The van der Waals surface area contributed by atoms with Crippen molar-refractivity contribution in [2.75, 3.05) is 5.32 Å². The van der Waals surface area contributed by atoms with Gasteiger partial charge in [0.25, 0.3) is 0 Å². The Bertz CT molecular complexity index is 690. The van der Waals surface area contributed by atoms with Crippen LogP contribution >= 0.6 is 15.9 Å². The van der Waals surface area contributed by atoms with Gasteiger partial charge < -0.3 is 11.1 Å². The smallest absolute Gasteiger partial charge is 0.247 e. The van der Waals surface area contributed by atoms with E-state index in [2.05, 4.69) is 21.2 Å². The van der Waals surface area contributed by atoms with Crippen molar-refractivity contribution in [2.45, 2.75) is 19.4 Å². The summed E-state index contributed by atoms with van der Waals surface area (Å²) in [6.07, 6.45) is 0. The Kier molecular flexibility index (Phi) is 4.32. The van der Waals surface area contributed by atoms with Crippen LogP contribution in [0.4, 0.5) is 10.1 Å². The molecule has 1 unspecified atom stereocenters. The van der Waals surface area contributed by atoms with Crippen LogP contribution in [0, 0.1) is 12.7 Å². The summed E-state index contributed by atoms with van der Waals surface area (Å²) in [5.41, 5.74) is 6.13. The van der Waals surface area contributed by atoms with Crippen LogP contribution in [-0.2, 0) is 10.3 Å². The van der Waals surface area contributed by atoms with Crippen LogP contribution in [0.15, 0.2) is 46.9 Å². The molecule has 21 heavy (non-hydrogen) atoms. The lowest BCUT2D eigenvalue weighted by molar-refractivity contribution is -0.122. The van der Waals surface area contributed by atoms with Crippen molar-refractivity contribution in [3.8, 4) is 0 Å². The lowest BCUT2D eigenvalue weighted by Gasteiger charge is -2.29. The fourth-order valence-electron chi connectivity index (χ4n) is 2.17. The van der Waals surface area contributed by atoms with Gasteiger partial charge in [0.2, 0.25) is 5.91 Å². The van der Waals surface area contributed by atoms with E-state index in [0.29, 0.717) is 10.2 Å². The molecule has 0 bridgehead atoms. The number of carbonyl (C=O) groups is 1. The van der Waals surface area contributed by atoms with Crippen molar-refractivity contribution < 1.29 is 9.18 Å². The molecule has 1 atom stereocenters. The molecule has 0 aliphatic rings. The number of benzene rings is 2. The highest BCUT2D eigenvalue weighted by Crippen LogP contribution is 2.30. The number of nitrogens with two attached hydrogens (primary N) is 1. The number of rotatable bonds is 4. The number of amides is 1. The molecule has 0 radical (unpaired) electrons. The first-order chi connectivity index (χ1) is 9.83. The van der Waals surface area contributed by atoms with Gasteiger partial charge in [-0.05, 0) is 43.7 Å². The summed E-state index contributed by atoms with van der Waals surface area (Å²) in [4.78, 5) is 11.9. The van der Waals surface area contributed by atoms with Gasteiger partial charge in [-0.2, -0.15) is 0 Å². The molecule has 0 aromatic heterocycles. The molecule has 2 aromatic rings. The van der Waals surface area contributed by atoms with E-state index >= 15 is 0 Å². The van der Waals surface area contributed by atoms with E-state index < -0.39 is 17.3 Å². The SMILES string of the molecule is Cc1cccc(NC(C)(C(N)=O)c2ccc(Br)cc2F)c1. The van der Waals surface area contributed by atoms with Crippen molar-refractivity contribution in [1.82, 2.24) is 0 Å². The molecule has 0 aliphatic carbocycles. The van der Waals surface area contributed by atoms with E-state index in [1.807, 2.05) is 31.2 Å². The maximum absolute atomic E-state index is 14.2. The summed E-state index contributed by atoms with van der Waals surface area (Å²) in [7, 11) is 0. The fourth-order valence-corrected chi connectivity index (χ4v) is 2.50. The van der Waals surface area contributed by atoms with Gasteiger partial charge in [-0.1, -0.05) is 34.1 Å². The standard InChI is InChI=1S/C16H16BrFN2O/c1-10-4-3-5-12(8-10)20-16(2,15(19)21)13-7-6-11(17)9-14(13)18/h3-9,20H,1-2H3,(H2,19,21). The van der Waals surface area contributed by atoms with Crippen molar-refractivity contribution in [3.63, 3.8) is 0 Å². The maximum atomic E-state index is 14.2. The predicted molar refractivity (Wildman–Crippen MR) is 85.4 cm³/mol. The molecule has 110 valence electrons. The Morgan fingerprint density at radius 3 is 2.57 bits per heavy atom. The zero-order valence-electron chi connectivity index (χ0n) is 11.8. The second-order valence-electron chi connectivity index (χ2n) is 5.11. The Morgan fingerprint density at radius 1 is 1.29 bits per heavy atom. The molecule has 0 fully saturated rings. The third-order valence-corrected chi connectivity index (χ3v) is 3.87. The average molecular weight is 351 g/mol. The zero-order valence-corrected chi connectivity index (χ0v) is 13.4. The van der Waals surface area contributed by atoms with E-state index in [1.165, 1.54) is 6.07 Å². The minimum Gasteiger partial charge on any atom is -0.368 e. The molecule has 3 N–H and O–H groups in total. The highest BCUT2D eigenvalue weighted by molar-refractivity contribution is 9.10. The molecule has 0 aliphatic heterocycles. The Labute approximate surface area is 131 Å².